The first-order chi connectivity index (χ1) is 6.86. The fraction of sp³-hybridized carbons (Fsp3) is 0.286. The van der Waals surface area contributed by atoms with Crippen molar-refractivity contribution in [2.75, 3.05) is 14.2 Å². The lowest BCUT2D eigenvalue weighted by molar-refractivity contribution is 0.245. The minimum absolute atomic E-state index is 0.233. The van der Waals surface area contributed by atoms with Gasteiger partial charge >= 0.3 is 6.08 Å². The Morgan fingerprint density at radius 2 is 2.21 bits per heavy atom. The molecule has 1 rings (SSSR count). The first kappa shape index (κ1) is 11.1. The van der Waals surface area contributed by atoms with E-state index in [1.807, 2.05) is 0 Å². The van der Waals surface area contributed by atoms with Gasteiger partial charge in [-0.1, -0.05) is 0 Å². The van der Waals surface area contributed by atoms with Crippen molar-refractivity contribution in [1.82, 2.24) is 9.97 Å². The van der Waals surface area contributed by atoms with Crippen molar-refractivity contribution in [2.24, 2.45) is 4.40 Å². The average molecular weight is 231 g/mol. The van der Waals surface area contributed by atoms with E-state index in [4.69, 9.17) is 9.47 Å². The van der Waals surface area contributed by atoms with Gasteiger partial charge in [0.05, 0.1) is 25.2 Å². The van der Waals surface area contributed by atoms with Crippen LogP contribution in [0.15, 0.2) is 28.0 Å². The summed E-state index contributed by atoms with van der Waals surface area (Å²) in [6, 6.07) is 1.80. The molecule has 0 unspecified atom stereocenters. The number of aromatic nitrogens is 2. The Bertz CT molecular complexity index is 288. The van der Waals surface area contributed by atoms with Crippen LogP contribution in [0.1, 0.15) is 0 Å². The van der Waals surface area contributed by atoms with Crippen LogP contribution in [0.5, 0.6) is 0 Å². The third-order valence-electron chi connectivity index (χ3n) is 1.14. The second-order valence-corrected chi connectivity index (χ2v) is 3.83. The van der Waals surface area contributed by atoms with Gasteiger partial charge in [-0.15, -0.1) is 4.40 Å². The number of nitrogens with zero attached hydrogens (tertiary/aromatic N) is 3. The summed E-state index contributed by atoms with van der Waals surface area (Å²) < 4.78 is 13.5. The van der Waals surface area contributed by atoms with Gasteiger partial charge in [-0.2, -0.15) is 0 Å². The normalized spacial score (nSPS) is 9.29. The fourth-order valence-electron chi connectivity index (χ4n) is 0.573. The molecule has 1 heterocycles. The summed E-state index contributed by atoms with van der Waals surface area (Å²) in [5, 5.41) is 0.834. The van der Waals surface area contributed by atoms with E-state index in [0.29, 0.717) is 0 Å². The van der Waals surface area contributed by atoms with Crippen molar-refractivity contribution in [2.45, 2.75) is 5.03 Å². The van der Waals surface area contributed by atoms with Crippen LogP contribution in [0, 0.1) is 0 Å². The van der Waals surface area contributed by atoms with Crippen molar-refractivity contribution in [3.05, 3.63) is 18.6 Å². The van der Waals surface area contributed by atoms with Gasteiger partial charge in [-0.25, -0.2) is 9.97 Å². The second-order valence-electron chi connectivity index (χ2n) is 1.97. The SMILES string of the molecule is COC(=NSSc1ccncn1)OC. The van der Waals surface area contributed by atoms with E-state index in [2.05, 4.69) is 14.4 Å². The fourth-order valence-corrected chi connectivity index (χ4v) is 1.92. The molecule has 0 aliphatic heterocycles. The van der Waals surface area contributed by atoms with Crippen LogP contribution < -0.4 is 0 Å². The molecule has 0 saturated carbocycles. The molecule has 0 aromatic carbocycles. The van der Waals surface area contributed by atoms with E-state index < -0.39 is 0 Å². The maximum atomic E-state index is 4.80. The quantitative estimate of drug-likeness (QED) is 0.260. The second kappa shape index (κ2) is 6.50. The van der Waals surface area contributed by atoms with Crippen LogP contribution in [0.2, 0.25) is 0 Å². The standard InChI is InChI=1S/C7H9N3O2S2/c1-11-7(12-2)10-14-13-6-3-4-8-5-9-6/h3-5H,1-2H3. The summed E-state index contributed by atoms with van der Waals surface area (Å²) in [5.41, 5.74) is 0. The summed E-state index contributed by atoms with van der Waals surface area (Å²) in [4.78, 5) is 7.81. The monoisotopic (exact) mass is 231 g/mol. The highest BCUT2D eigenvalue weighted by Crippen LogP contribution is 2.29. The largest absolute Gasteiger partial charge is 0.453 e. The summed E-state index contributed by atoms with van der Waals surface area (Å²) in [6.07, 6.45) is 3.39. The number of hydrogen-bond donors (Lipinski definition) is 0. The molecule has 0 radical (unpaired) electrons. The lowest BCUT2D eigenvalue weighted by Crippen LogP contribution is -2.01. The van der Waals surface area contributed by atoms with Crippen LogP contribution in [0.4, 0.5) is 0 Å². The highest BCUT2D eigenvalue weighted by atomic mass is 33.1. The molecule has 0 N–H and O–H groups in total. The van der Waals surface area contributed by atoms with Crippen molar-refractivity contribution < 1.29 is 9.47 Å². The van der Waals surface area contributed by atoms with Gasteiger partial charge in [0.15, 0.2) is 0 Å². The topological polar surface area (TPSA) is 56.6 Å². The van der Waals surface area contributed by atoms with Crippen LogP contribution >= 0.6 is 21.8 Å². The molecular weight excluding hydrogens is 222 g/mol. The Labute approximate surface area is 89.9 Å². The van der Waals surface area contributed by atoms with Crippen molar-refractivity contribution >= 4 is 27.9 Å². The van der Waals surface area contributed by atoms with Gasteiger partial charge in [-0.3, -0.25) is 0 Å². The lowest BCUT2D eigenvalue weighted by atomic mass is 10.7. The van der Waals surface area contributed by atoms with Crippen LogP contribution in [0.3, 0.4) is 0 Å². The minimum Gasteiger partial charge on any atom is -0.453 e. The van der Waals surface area contributed by atoms with Gasteiger partial charge in [-0.05, 0) is 16.9 Å². The first-order valence-electron chi connectivity index (χ1n) is 3.62. The highest BCUT2D eigenvalue weighted by Gasteiger charge is 1.97. The van der Waals surface area contributed by atoms with Gasteiger partial charge < -0.3 is 9.47 Å². The smallest absolute Gasteiger partial charge is 0.395 e. The van der Waals surface area contributed by atoms with Crippen LogP contribution in [-0.2, 0) is 9.47 Å². The summed E-state index contributed by atoms with van der Waals surface area (Å²) in [5.74, 6) is 0. The average Bonchev–Trinajstić information content (AvgIpc) is 2.26. The molecule has 0 aliphatic carbocycles. The number of methoxy groups -OCH3 is 2. The van der Waals surface area contributed by atoms with Crippen LogP contribution in [-0.4, -0.2) is 30.3 Å². The molecule has 1 aromatic heterocycles. The lowest BCUT2D eigenvalue weighted by Gasteiger charge is -1.99. The Morgan fingerprint density at radius 3 is 2.79 bits per heavy atom. The summed E-state index contributed by atoms with van der Waals surface area (Å²) in [7, 11) is 5.62. The number of hydrogen-bond acceptors (Lipinski definition) is 7. The van der Waals surface area contributed by atoms with E-state index >= 15 is 0 Å². The molecule has 76 valence electrons. The van der Waals surface area contributed by atoms with Crippen molar-refractivity contribution in [3.63, 3.8) is 0 Å². The highest BCUT2D eigenvalue weighted by molar-refractivity contribution is 8.76. The first-order valence-corrected chi connectivity index (χ1v) is 5.73. The molecule has 1 aromatic rings. The third-order valence-corrected chi connectivity index (χ3v) is 2.81. The molecular formula is C7H9N3O2S2. The summed E-state index contributed by atoms with van der Waals surface area (Å²) in [6.45, 7) is 0. The van der Waals surface area contributed by atoms with Gasteiger partial charge in [0.2, 0.25) is 0 Å². The summed E-state index contributed by atoms with van der Waals surface area (Å²) >= 11 is 0. The number of ether oxygens (including phenoxy) is 2. The zero-order valence-electron chi connectivity index (χ0n) is 7.71. The van der Waals surface area contributed by atoms with Gasteiger partial charge in [0, 0.05) is 6.20 Å². The molecule has 7 heteroatoms. The zero-order valence-corrected chi connectivity index (χ0v) is 9.34. The van der Waals surface area contributed by atoms with E-state index in [0.717, 1.165) is 5.03 Å². The van der Waals surface area contributed by atoms with Crippen LogP contribution in [0.25, 0.3) is 0 Å². The van der Waals surface area contributed by atoms with Gasteiger partial charge in [0.25, 0.3) is 0 Å². The van der Waals surface area contributed by atoms with Gasteiger partial charge in [0.1, 0.15) is 11.4 Å². The Balaban J connectivity index is 2.38. The molecule has 0 bridgehead atoms. The van der Waals surface area contributed by atoms with E-state index in [9.17, 15) is 0 Å². The maximum Gasteiger partial charge on any atom is 0.395 e. The Morgan fingerprint density at radius 1 is 1.43 bits per heavy atom. The number of rotatable bonds is 3. The predicted molar refractivity (Wildman–Crippen MR) is 56.9 cm³/mol. The third kappa shape index (κ3) is 3.84. The molecule has 0 saturated heterocycles. The molecule has 0 atom stereocenters. The Hall–Kier alpha value is -0.950. The molecule has 0 aliphatic rings. The Kier molecular flexibility index (Phi) is 5.16. The van der Waals surface area contributed by atoms with E-state index in [-0.39, 0.29) is 6.08 Å². The maximum absolute atomic E-state index is 4.80. The molecule has 0 fully saturated rings. The van der Waals surface area contributed by atoms with E-state index in [1.54, 1.807) is 12.3 Å². The van der Waals surface area contributed by atoms with Crippen molar-refractivity contribution in [1.29, 1.82) is 0 Å². The molecule has 0 amide bonds. The molecule has 14 heavy (non-hydrogen) atoms. The molecule has 5 nitrogen and oxygen atoms in total. The minimum atomic E-state index is 0.233. The van der Waals surface area contributed by atoms with E-state index in [1.165, 1.54) is 42.3 Å². The predicted octanol–water partition coefficient (Wildman–Crippen LogP) is 1.78. The molecule has 0 spiro atoms. The zero-order chi connectivity index (χ0) is 10.2. The van der Waals surface area contributed by atoms with Crippen molar-refractivity contribution in [3.8, 4) is 0 Å².